The van der Waals surface area contributed by atoms with E-state index in [4.69, 9.17) is 4.42 Å². The van der Waals surface area contributed by atoms with Gasteiger partial charge in [0, 0.05) is 19.2 Å². The molecule has 0 spiro atoms. The average molecular weight is 416 g/mol. The zero-order valence-corrected chi connectivity index (χ0v) is 17.0. The first kappa shape index (κ1) is 21.3. The van der Waals surface area contributed by atoms with E-state index >= 15 is 0 Å². The van der Waals surface area contributed by atoms with Crippen molar-refractivity contribution in [3.05, 3.63) is 46.9 Å². The van der Waals surface area contributed by atoms with Crippen LogP contribution in [-0.2, 0) is 0 Å². The van der Waals surface area contributed by atoms with Crippen LogP contribution >= 0.6 is 23.7 Å². The minimum absolute atomic E-state index is 0. The summed E-state index contributed by atoms with van der Waals surface area (Å²) in [6.07, 6.45) is 0. The van der Waals surface area contributed by atoms with Gasteiger partial charge in [-0.2, -0.15) is 0 Å². The molecule has 0 bridgehead atoms. The van der Waals surface area contributed by atoms with E-state index in [9.17, 15) is 13.6 Å². The number of nitrogens with zero attached hydrogens (tertiary/aromatic N) is 3. The lowest BCUT2D eigenvalue weighted by atomic mass is 10.2. The Balaban J connectivity index is 0.00000261. The number of aryl methyl sites for hydroxylation is 2. The molecular formula is C18H20ClF2N3O2S. The highest BCUT2D eigenvalue weighted by Gasteiger charge is 2.25. The highest BCUT2D eigenvalue weighted by molar-refractivity contribution is 7.22. The number of aromatic nitrogens is 1. The number of thiazole rings is 1. The first-order valence-electron chi connectivity index (χ1n) is 8.05. The van der Waals surface area contributed by atoms with Crippen LogP contribution in [0.1, 0.15) is 21.9 Å². The highest BCUT2D eigenvalue weighted by atomic mass is 35.5. The molecule has 0 radical (unpaired) electrons. The molecule has 0 fully saturated rings. The quantitative estimate of drug-likeness (QED) is 0.619. The molecule has 0 unspecified atom stereocenters. The standard InChI is InChI=1S/C18H19F2N3O2S.ClH/c1-10-7-13(11(2)25-10)17(24)23(6-5-22(3)4)18-21-16-14(20)8-12(19)9-15(16)26-18;/h7-9H,5-6H2,1-4H3;1H. The molecule has 0 aliphatic heterocycles. The van der Waals surface area contributed by atoms with Crippen LogP contribution in [0.25, 0.3) is 10.2 Å². The SMILES string of the molecule is Cc1cc(C(=O)N(CCN(C)C)c2nc3c(F)cc(F)cc3s2)c(C)o1.Cl. The van der Waals surface area contributed by atoms with Crippen molar-refractivity contribution >= 4 is 45.0 Å². The van der Waals surface area contributed by atoms with Crippen molar-refractivity contribution in [2.24, 2.45) is 0 Å². The van der Waals surface area contributed by atoms with Crippen LogP contribution in [0.3, 0.4) is 0 Å². The zero-order valence-electron chi connectivity index (χ0n) is 15.4. The number of furan rings is 1. The number of rotatable bonds is 5. The minimum atomic E-state index is -0.738. The van der Waals surface area contributed by atoms with Crippen LogP contribution < -0.4 is 4.90 Å². The summed E-state index contributed by atoms with van der Waals surface area (Å²) < 4.78 is 33.3. The second kappa shape index (κ2) is 8.33. The topological polar surface area (TPSA) is 49.6 Å². The number of anilines is 1. The molecule has 2 heterocycles. The molecule has 5 nitrogen and oxygen atoms in total. The molecule has 146 valence electrons. The summed E-state index contributed by atoms with van der Waals surface area (Å²) in [6.45, 7) is 4.44. The Labute approximate surface area is 166 Å². The predicted molar refractivity (Wildman–Crippen MR) is 105 cm³/mol. The summed E-state index contributed by atoms with van der Waals surface area (Å²) in [4.78, 5) is 20.7. The number of hydrogen-bond acceptors (Lipinski definition) is 5. The lowest BCUT2D eigenvalue weighted by molar-refractivity contribution is 0.0983. The van der Waals surface area contributed by atoms with Gasteiger partial charge in [-0.25, -0.2) is 13.8 Å². The highest BCUT2D eigenvalue weighted by Crippen LogP contribution is 2.32. The minimum Gasteiger partial charge on any atom is -0.466 e. The molecule has 0 saturated heterocycles. The molecule has 0 saturated carbocycles. The van der Waals surface area contributed by atoms with Gasteiger partial charge >= 0.3 is 0 Å². The smallest absolute Gasteiger partial charge is 0.263 e. The van der Waals surface area contributed by atoms with Crippen molar-refractivity contribution in [1.29, 1.82) is 0 Å². The monoisotopic (exact) mass is 415 g/mol. The Kier molecular flexibility index (Phi) is 6.56. The van der Waals surface area contributed by atoms with Gasteiger partial charge in [-0.15, -0.1) is 12.4 Å². The summed E-state index contributed by atoms with van der Waals surface area (Å²) in [6, 6.07) is 3.69. The van der Waals surface area contributed by atoms with Crippen LogP contribution in [-0.4, -0.2) is 43.0 Å². The van der Waals surface area contributed by atoms with Gasteiger partial charge in [0.2, 0.25) is 0 Å². The number of benzene rings is 1. The Bertz CT molecular complexity index is 971. The molecule has 0 N–H and O–H groups in total. The van der Waals surface area contributed by atoms with E-state index in [2.05, 4.69) is 4.98 Å². The van der Waals surface area contributed by atoms with Crippen LogP contribution in [0.2, 0.25) is 0 Å². The Morgan fingerprint density at radius 1 is 1.19 bits per heavy atom. The fraction of sp³-hybridized carbons (Fsp3) is 0.333. The van der Waals surface area contributed by atoms with Crippen LogP contribution in [0.4, 0.5) is 13.9 Å². The van der Waals surface area contributed by atoms with Gasteiger partial charge in [0.25, 0.3) is 5.91 Å². The first-order valence-corrected chi connectivity index (χ1v) is 8.87. The second-order valence-electron chi connectivity index (χ2n) is 6.32. The maximum atomic E-state index is 14.0. The van der Waals surface area contributed by atoms with Gasteiger partial charge in [-0.05, 0) is 40.1 Å². The van der Waals surface area contributed by atoms with Crippen molar-refractivity contribution in [3.63, 3.8) is 0 Å². The summed E-state index contributed by atoms with van der Waals surface area (Å²) in [5.41, 5.74) is 0.501. The lowest BCUT2D eigenvalue weighted by Crippen LogP contribution is -2.36. The fourth-order valence-electron chi connectivity index (χ4n) is 2.63. The van der Waals surface area contributed by atoms with Gasteiger partial charge in [-0.3, -0.25) is 9.69 Å². The van der Waals surface area contributed by atoms with E-state index in [0.29, 0.717) is 40.0 Å². The normalized spacial score (nSPS) is 11.1. The van der Waals surface area contributed by atoms with E-state index < -0.39 is 11.6 Å². The number of hydrogen-bond donors (Lipinski definition) is 0. The lowest BCUT2D eigenvalue weighted by Gasteiger charge is -2.21. The third kappa shape index (κ3) is 4.45. The van der Waals surface area contributed by atoms with Gasteiger partial charge in [0.05, 0.1) is 10.3 Å². The number of carbonyl (C=O) groups is 1. The van der Waals surface area contributed by atoms with Crippen LogP contribution in [0.5, 0.6) is 0 Å². The zero-order chi connectivity index (χ0) is 19.0. The Morgan fingerprint density at radius 2 is 1.89 bits per heavy atom. The van der Waals surface area contributed by atoms with E-state index in [0.717, 1.165) is 17.4 Å². The molecule has 9 heteroatoms. The molecule has 3 aromatic rings. The largest absolute Gasteiger partial charge is 0.466 e. The molecule has 1 aromatic carbocycles. The second-order valence-corrected chi connectivity index (χ2v) is 7.33. The number of amides is 1. The molecule has 0 aliphatic carbocycles. The molecule has 2 aromatic heterocycles. The molecule has 0 atom stereocenters. The summed E-state index contributed by atoms with van der Waals surface area (Å²) >= 11 is 1.09. The summed E-state index contributed by atoms with van der Waals surface area (Å²) in [7, 11) is 3.78. The van der Waals surface area contributed by atoms with Crippen molar-refractivity contribution in [2.75, 3.05) is 32.1 Å². The number of halogens is 3. The number of likely N-dealkylation sites (N-methyl/N-ethyl adjacent to an activating group) is 1. The van der Waals surface area contributed by atoms with E-state index in [1.54, 1.807) is 19.9 Å². The molecule has 0 aliphatic rings. The maximum Gasteiger partial charge on any atom is 0.263 e. The van der Waals surface area contributed by atoms with Crippen LogP contribution in [0, 0.1) is 25.5 Å². The molecule has 27 heavy (non-hydrogen) atoms. The fourth-order valence-corrected chi connectivity index (χ4v) is 3.66. The predicted octanol–water partition coefficient (Wildman–Crippen LogP) is 4.41. The van der Waals surface area contributed by atoms with Crippen molar-refractivity contribution < 1.29 is 18.0 Å². The summed E-state index contributed by atoms with van der Waals surface area (Å²) in [5.74, 6) is -0.534. The van der Waals surface area contributed by atoms with E-state index in [-0.39, 0.29) is 23.8 Å². The third-order valence-electron chi connectivity index (χ3n) is 3.92. The first-order chi connectivity index (χ1) is 12.3. The van der Waals surface area contributed by atoms with Gasteiger partial charge in [0.1, 0.15) is 22.9 Å². The number of carbonyl (C=O) groups excluding carboxylic acids is 1. The molecule has 1 amide bonds. The van der Waals surface area contributed by atoms with Gasteiger partial charge < -0.3 is 9.32 Å². The van der Waals surface area contributed by atoms with E-state index in [1.165, 1.54) is 11.0 Å². The van der Waals surface area contributed by atoms with Crippen molar-refractivity contribution in [1.82, 2.24) is 9.88 Å². The molecule has 3 rings (SSSR count). The maximum absolute atomic E-state index is 14.0. The van der Waals surface area contributed by atoms with Gasteiger partial charge in [-0.1, -0.05) is 11.3 Å². The number of fused-ring (bicyclic) bond motifs is 1. The van der Waals surface area contributed by atoms with E-state index in [1.807, 2.05) is 19.0 Å². The Hall–Kier alpha value is -2.03. The molecular weight excluding hydrogens is 396 g/mol. The third-order valence-corrected chi connectivity index (χ3v) is 4.95. The average Bonchev–Trinajstić information content (AvgIpc) is 3.10. The van der Waals surface area contributed by atoms with Gasteiger partial charge in [0.15, 0.2) is 10.9 Å². The van der Waals surface area contributed by atoms with Crippen LogP contribution in [0.15, 0.2) is 22.6 Å². The Morgan fingerprint density at radius 3 is 2.48 bits per heavy atom. The summed E-state index contributed by atoms with van der Waals surface area (Å²) in [5, 5.41) is 0.328. The van der Waals surface area contributed by atoms with Crippen molar-refractivity contribution in [3.8, 4) is 0 Å². The van der Waals surface area contributed by atoms with Crippen molar-refractivity contribution in [2.45, 2.75) is 13.8 Å².